The number of carbonyl (C=O) groups is 2. The number of nitrogens with one attached hydrogen (secondary N) is 1. The van der Waals surface area contributed by atoms with E-state index in [1.807, 2.05) is 0 Å². The SMILES string of the molecule is COc1ccnc(CNC(=O)C2CC(=O)N(CCN3CCOCC3)C2)c1F. The molecule has 148 valence electrons. The third kappa shape index (κ3) is 4.92. The molecule has 1 atom stereocenters. The second kappa shape index (κ2) is 9.09. The van der Waals surface area contributed by atoms with Gasteiger partial charge in [0.25, 0.3) is 0 Å². The highest BCUT2D eigenvalue weighted by molar-refractivity contribution is 5.89. The molecule has 2 amide bonds. The van der Waals surface area contributed by atoms with Crippen molar-refractivity contribution in [2.75, 3.05) is 53.0 Å². The standard InChI is InChI=1S/C18H25FN4O4/c1-26-15-2-3-20-14(17(15)19)11-21-18(25)13-10-16(24)23(12-13)5-4-22-6-8-27-9-7-22/h2-3,13H,4-12H2,1H3,(H,21,25). The van der Waals surface area contributed by atoms with Crippen molar-refractivity contribution in [1.29, 1.82) is 0 Å². The zero-order valence-corrected chi connectivity index (χ0v) is 15.4. The highest BCUT2D eigenvalue weighted by atomic mass is 19.1. The number of aromatic nitrogens is 1. The highest BCUT2D eigenvalue weighted by Crippen LogP contribution is 2.20. The van der Waals surface area contributed by atoms with E-state index in [4.69, 9.17) is 9.47 Å². The molecule has 3 rings (SSSR count). The lowest BCUT2D eigenvalue weighted by molar-refractivity contribution is -0.129. The number of halogens is 1. The van der Waals surface area contributed by atoms with Crippen LogP contribution >= 0.6 is 0 Å². The summed E-state index contributed by atoms with van der Waals surface area (Å²) in [5.74, 6) is -1.21. The number of amides is 2. The maximum atomic E-state index is 14.1. The van der Waals surface area contributed by atoms with Gasteiger partial charge in [0, 0.05) is 51.4 Å². The van der Waals surface area contributed by atoms with Crippen LogP contribution in [0, 0.1) is 11.7 Å². The fourth-order valence-electron chi connectivity index (χ4n) is 3.31. The number of hydrogen-bond donors (Lipinski definition) is 1. The van der Waals surface area contributed by atoms with Gasteiger partial charge in [-0.25, -0.2) is 4.39 Å². The van der Waals surface area contributed by atoms with Crippen LogP contribution in [-0.2, 0) is 20.9 Å². The van der Waals surface area contributed by atoms with E-state index < -0.39 is 11.7 Å². The molecule has 0 aliphatic carbocycles. The van der Waals surface area contributed by atoms with Crippen LogP contribution < -0.4 is 10.1 Å². The minimum Gasteiger partial charge on any atom is -0.494 e. The number of methoxy groups -OCH3 is 1. The number of morpholine rings is 1. The molecule has 0 aromatic carbocycles. The van der Waals surface area contributed by atoms with Gasteiger partial charge in [0.05, 0.1) is 38.5 Å². The Morgan fingerprint density at radius 1 is 1.41 bits per heavy atom. The first-order chi connectivity index (χ1) is 13.1. The monoisotopic (exact) mass is 380 g/mol. The molecular formula is C18H25FN4O4. The van der Waals surface area contributed by atoms with Crippen LogP contribution in [0.2, 0.25) is 0 Å². The van der Waals surface area contributed by atoms with E-state index >= 15 is 0 Å². The predicted octanol–water partition coefficient (Wildman–Crippen LogP) is 0.0262. The number of rotatable bonds is 7. The van der Waals surface area contributed by atoms with E-state index in [0.717, 1.165) is 19.6 Å². The van der Waals surface area contributed by atoms with Gasteiger partial charge in [-0.1, -0.05) is 0 Å². The third-order valence-electron chi connectivity index (χ3n) is 4.95. The normalized spacial score (nSPS) is 20.7. The molecule has 1 N–H and O–H groups in total. The molecule has 1 unspecified atom stereocenters. The molecule has 0 radical (unpaired) electrons. The van der Waals surface area contributed by atoms with Crippen LogP contribution in [0.25, 0.3) is 0 Å². The zero-order valence-electron chi connectivity index (χ0n) is 15.4. The number of carbonyl (C=O) groups excluding carboxylic acids is 2. The summed E-state index contributed by atoms with van der Waals surface area (Å²) in [4.78, 5) is 32.5. The van der Waals surface area contributed by atoms with Gasteiger partial charge in [0.1, 0.15) is 0 Å². The van der Waals surface area contributed by atoms with E-state index in [0.29, 0.717) is 26.3 Å². The highest BCUT2D eigenvalue weighted by Gasteiger charge is 2.34. The van der Waals surface area contributed by atoms with E-state index in [1.54, 1.807) is 4.90 Å². The quantitative estimate of drug-likeness (QED) is 0.718. The lowest BCUT2D eigenvalue weighted by Gasteiger charge is -2.28. The second-order valence-corrected chi connectivity index (χ2v) is 6.69. The Bertz CT molecular complexity index is 681. The molecule has 3 heterocycles. The number of nitrogens with zero attached hydrogens (tertiary/aromatic N) is 3. The summed E-state index contributed by atoms with van der Waals surface area (Å²) in [6.45, 7) is 4.90. The van der Waals surface area contributed by atoms with Crippen LogP contribution in [0.4, 0.5) is 4.39 Å². The van der Waals surface area contributed by atoms with E-state index in [-0.39, 0.29) is 36.2 Å². The van der Waals surface area contributed by atoms with Crippen LogP contribution in [0.5, 0.6) is 5.75 Å². The Hall–Kier alpha value is -2.26. The Balaban J connectivity index is 1.47. The lowest BCUT2D eigenvalue weighted by Crippen LogP contribution is -2.42. The van der Waals surface area contributed by atoms with Crippen molar-refractivity contribution >= 4 is 11.8 Å². The predicted molar refractivity (Wildman–Crippen MR) is 94.5 cm³/mol. The molecule has 1 aromatic rings. The molecule has 0 saturated carbocycles. The molecule has 2 saturated heterocycles. The van der Waals surface area contributed by atoms with Gasteiger partial charge in [-0.2, -0.15) is 0 Å². The average Bonchev–Trinajstić information content (AvgIpc) is 3.07. The van der Waals surface area contributed by atoms with E-state index in [1.165, 1.54) is 19.4 Å². The third-order valence-corrected chi connectivity index (χ3v) is 4.95. The second-order valence-electron chi connectivity index (χ2n) is 6.69. The smallest absolute Gasteiger partial charge is 0.225 e. The first kappa shape index (κ1) is 19.5. The number of ether oxygens (including phenoxy) is 2. The zero-order chi connectivity index (χ0) is 19.2. The van der Waals surface area contributed by atoms with Crippen LogP contribution in [0.1, 0.15) is 12.1 Å². The summed E-state index contributed by atoms with van der Waals surface area (Å²) in [5, 5.41) is 2.68. The topological polar surface area (TPSA) is 84.0 Å². The van der Waals surface area contributed by atoms with Crippen molar-refractivity contribution in [3.8, 4) is 5.75 Å². The summed E-state index contributed by atoms with van der Waals surface area (Å²) in [5.41, 5.74) is 0.108. The number of hydrogen-bond acceptors (Lipinski definition) is 6. The Morgan fingerprint density at radius 2 is 2.19 bits per heavy atom. The summed E-state index contributed by atoms with van der Waals surface area (Å²) in [7, 11) is 1.37. The van der Waals surface area contributed by atoms with Crippen LogP contribution in [-0.4, -0.2) is 79.6 Å². The summed E-state index contributed by atoms with van der Waals surface area (Å²) in [6.07, 6.45) is 1.61. The number of likely N-dealkylation sites (tertiary alicyclic amines) is 1. The van der Waals surface area contributed by atoms with Gasteiger partial charge in [0.2, 0.25) is 11.8 Å². The first-order valence-electron chi connectivity index (χ1n) is 9.11. The molecule has 0 bridgehead atoms. The summed E-state index contributed by atoms with van der Waals surface area (Å²) in [6, 6.07) is 1.42. The van der Waals surface area contributed by atoms with Crippen LogP contribution in [0.15, 0.2) is 12.3 Å². The van der Waals surface area contributed by atoms with Gasteiger partial charge in [0.15, 0.2) is 11.6 Å². The average molecular weight is 380 g/mol. The van der Waals surface area contributed by atoms with Gasteiger partial charge in [-0.05, 0) is 0 Å². The minimum atomic E-state index is -0.588. The maximum absolute atomic E-state index is 14.1. The fourth-order valence-corrected chi connectivity index (χ4v) is 3.31. The van der Waals surface area contributed by atoms with Gasteiger partial charge < -0.3 is 19.7 Å². The summed E-state index contributed by atoms with van der Waals surface area (Å²) >= 11 is 0. The van der Waals surface area contributed by atoms with Crippen molar-refractivity contribution in [1.82, 2.24) is 20.1 Å². The van der Waals surface area contributed by atoms with Crippen molar-refractivity contribution in [3.63, 3.8) is 0 Å². The van der Waals surface area contributed by atoms with Crippen molar-refractivity contribution in [3.05, 3.63) is 23.8 Å². The van der Waals surface area contributed by atoms with E-state index in [2.05, 4.69) is 15.2 Å². The van der Waals surface area contributed by atoms with Gasteiger partial charge >= 0.3 is 0 Å². The molecule has 1 aromatic heterocycles. The van der Waals surface area contributed by atoms with Gasteiger partial charge in [-0.3, -0.25) is 19.5 Å². The van der Waals surface area contributed by atoms with Crippen molar-refractivity contribution in [2.45, 2.75) is 13.0 Å². The molecule has 9 heteroatoms. The van der Waals surface area contributed by atoms with E-state index in [9.17, 15) is 14.0 Å². The largest absolute Gasteiger partial charge is 0.494 e. The molecule has 2 aliphatic rings. The molecule has 2 aliphatic heterocycles. The van der Waals surface area contributed by atoms with Crippen LogP contribution in [0.3, 0.4) is 0 Å². The molecule has 2 fully saturated rings. The van der Waals surface area contributed by atoms with Gasteiger partial charge in [-0.15, -0.1) is 0 Å². The first-order valence-corrected chi connectivity index (χ1v) is 9.11. The Labute approximate surface area is 157 Å². The van der Waals surface area contributed by atoms with Crippen molar-refractivity contribution in [2.24, 2.45) is 5.92 Å². The molecule has 0 spiro atoms. The van der Waals surface area contributed by atoms with Crippen molar-refractivity contribution < 1.29 is 23.5 Å². The lowest BCUT2D eigenvalue weighted by atomic mass is 10.1. The summed E-state index contributed by atoms with van der Waals surface area (Å²) < 4.78 is 24.3. The minimum absolute atomic E-state index is 0.0194. The Kier molecular flexibility index (Phi) is 6.57. The fraction of sp³-hybridized carbons (Fsp3) is 0.611. The Morgan fingerprint density at radius 3 is 2.93 bits per heavy atom. The molecule has 27 heavy (non-hydrogen) atoms. The number of pyridine rings is 1. The molecular weight excluding hydrogens is 355 g/mol. The molecule has 8 nitrogen and oxygen atoms in total. The maximum Gasteiger partial charge on any atom is 0.225 e.